The van der Waals surface area contributed by atoms with Gasteiger partial charge in [-0.2, -0.15) is 0 Å². The van der Waals surface area contributed by atoms with Gasteiger partial charge in [0.25, 0.3) is 0 Å². The Morgan fingerprint density at radius 3 is 2.00 bits per heavy atom. The van der Waals surface area contributed by atoms with E-state index in [-0.39, 0.29) is 6.10 Å². The van der Waals surface area contributed by atoms with E-state index in [9.17, 15) is 5.11 Å². The van der Waals surface area contributed by atoms with E-state index in [1.165, 1.54) is 51.4 Å². The van der Waals surface area contributed by atoms with Gasteiger partial charge in [-0.1, -0.05) is 71.3 Å². The SMILES string of the molecule is C=C=CC(O)CCCCCCCCCCC. The molecule has 0 spiro atoms. The van der Waals surface area contributed by atoms with Crippen LogP contribution in [0.4, 0.5) is 0 Å². The Hall–Kier alpha value is -0.520. The number of unbranched alkanes of at least 4 members (excludes halogenated alkanes) is 8. The fourth-order valence-electron chi connectivity index (χ4n) is 1.88. The van der Waals surface area contributed by atoms with E-state index in [4.69, 9.17) is 0 Å². The first-order valence-corrected chi connectivity index (χ1v) is 6.85. The molecule has 1 heteroatoms. The maximum Gasteiger partial charge on any atom is 0.0794 e. The normalized spacial score (nSPS) is 12.1. The van der Waals surface area contributed by atoms with E-state index >= 15 is 0 Å². The maximum atomic E-state index is 9.39. The molecule has 94 valence electrons. The van der Waals surface area contributed by atoms with Crippen LogP contribution in [0.1, 0.15) is 71.1 Å². The van der Waals surface area contributed by atoms with E-state index in [0.29, 0.717) is 0 Å². The van der Waals surface area contributed by atoms with Gasteiger partial charge in [-0.15, -0.1) is 5.73 Å². The van der Waals surface area contributed by atoms with Crippen molar-refractivity contribution in [2.75, 3.05) is 0 Å². The van der Waals surface area contributed by atoms with E-state index in [1.807, 2.05) is 0 Å². The summed E-state index contributed by atoms with van der Waals surface area (Å²) < 4.78 is 0. The monoisotopic (exact) mass is 224 g/mol. The zero-order chi connectivity index (χ0) is 12.1. The summed E-state index contributed by atoms with van der Waals surface area (Å²) in [5.74, 6) is 0. The predicted molar refractivity (Wildman–Crippen MR) is 71.6 cm³/mol. The largest absolute Gasteiger partial charge is 0.388 e. The van der Waals surface area contributed by atoms with Gasteiger partial charge in [0.15, 0.2) is 0 Å². The van der Waals surface area contributed by atoms with Crippen molar-refractivity contribution in [3.8, 4) is 0 Å². The van der Waals surface area contributed by atoms with Crippen LogP contribution in [-0.4, -0.2) is 11.2 Å². The van der Waals surface area contributed by atoms with Crippen LogP contribution < -0.4 is 0 Å². The Kier molecular flexibility index (Phi) is 12.1. The van der Waals surface area contributed by atoms with Gasteiger partial charge in [0.2, 0.25) is 0 Å². The molecule has 0 aliphatic rings. The molecule has 0 heterocycles. The van der Waals surface area contributed by atoms with Crippen molar-refractivity contribution >= 4 is 0 Å². The summed E-state index contributed by atoms with van der Waals surface area (Å²) in [6.45, 7) is 5.71. The molecule has 0 aromatic rings. The average molecular weight is 224 g/mol. The molecule has 0 aromatic carbocycles. The smallest absolute Gasteiger partial charge is 0.0794 e. The van der Waals surface area contributed by atoms with Gasteiger partial charge in [-0.25, -0.2) is 0 Å². The van der Waals surface area contributed by atoms with Crippen LogP contribution in [0, 0.1) is 0 Å². The number of hydrogen-bond donors (Lipinski definition) is 1. The minimum Gasteiger partial charge on any atom is -0.388 e. The molecule has 0 aliphatic carbocycles. The van der Waals surface area contributed by atoms with E-state index in [1.54, 1.807) is 6.08 Å². The summed E-state index contributed by atoms with van der Waals surface area (Å²) >= 11 is 0. The van der Waals surface area contributed by atoms with Crippen LogP contribution in [0.15, 0.2) is 18.4 Å². The number of aliphatic hydroxyl groups excluding tert-OH is 1. The van der Waals surface area contributed by atoms with Crippen molar-refractivity contribution in [3.63, 3.8) is 0 Å². The first-order valence-electron chi connectivity index (χ1n) is 6.85. The van der Waals surface area contributed by atoms with Crippen molar-refractivity contribution in [3.05, 3.63) is 18.4 Å². The molecule has 1 atom stereocenters. The predicted octanol–water partition coefficient (Wildman–Crippen LogP) is 4.61. The molecule has 1 N–H and O–H groups in total. The Labute approximate surface area is 101 Å². The highest BCUT2D eigenvalue weighted by atomic mass is 16.3. The molecule has 0 bridgehead atoms. The second-order valence-electron chi connectivity index (χ2n) is 4.56. The first kappa shape index (κ1) is 15.5. The van der Waals surface area contributed by atoms with Crippen LogP contribution >= 0.6 is 0 Å². The number of aliphatic hydroxyl groups is 1. The standard InChI is InChI=1S/C15H28O/c1-3-5-6-7-8-9-10-11-12-14-15(16)13-4-2/h13,15-16H,2-3,5-12,14H2,1H3. The fraction of sp³-hybridized carbons (Fsp3) is 0.800. The Balaban J connectivity index is 3.06. The summed E-state index contributed by atoms with van der Waals surface area (Å²) in [6, 6.07) is 0. The first-order chi connectivity index (χ1) is 7.81. The van der Waals surface area contributed by atoms with Crippen molar-refractivity contribution in [1.29, 1.82) is 0 Å². The molecule has 0 radical (unpaired) electrons. The van der Waals surface area contributed by atoms with Crippen molar-refractivity contribution in [1.82, 2.24) is 0 Å². The number of hydrogen-bond acceptors (Lipinski definition) is 1. The number of rotatable bonds is 11. The van der Waals surface area contributed by atoms with Crippen LogP contribution in [0.2, 0.25) is 0 Å². The maximum absolute atomic E-state index is 9.39. The van der Waals surface area contributed by atoms with E-state index < -0.39 is 0 Å². The Morgan fingerprint density at radius 1 is 1.00 bits per heavy atom. The quantitative estimate of drug-likeness (QED) is 0.401. The van der Waals surface area contributed by atoms with Crippen LogP contribution in [0.25, 0.3) is 0 Å². The summed E-state index contributed by atoms with van der Waals surface area (Å²) in [5, 5.41) is 9.39. The van der Waals surface area contributed by atoms with Crippen molar-refractivity contribution in [2.45, 2.75) is 77.2 Å². The topological polar surface area (TPSA) is 20.2 Å². The van der Waals surface area contributed by atoms with Crippen molar-refractivity contribution < 1.29 is 5.11 Å². The molecular weight excluding hydrogens is 196 g/mol. The average Bonchev–Trinajstić information content (AvgIpc) is 2.27. The fourth-order valence-corrected chi connectivity index (χ4v) is 1.88. The second kappa shape index (κ2) is 12.5. The van der Waals surface area contributed by atoms with Gasteiger partial charge < -0.3 is 5.11 Å². The second-order valence-corrected chi connectivity index (χ2v) is 4.56. The van der Waals surface area contributed by atoms with E-state index in [0.717, 1.165) is 12.8 Å². The lowest BCUT2D eigenvalue weighted by Gasteiger charge is -2.04. The Morgan fingerprint density at radius 2 is 1.50 bits per heavy atom. The molecule has 0 fully saturated rings. The van der Waals surface area contributed by atoms with Gasteiger partial charge in [0.05, 0.1) is 6.10 Å². The van der Waals surface area contributed by atoms with Gasteiger partial charge in [0, 0.05) is 0 Å². The van der Waals surface area contributed by atoms with Crippen molar-refractivity contribution in [2.24, 2.45) is 0 Å². The molecule has 0 amide bonds. The van der Waals surface area contributed by atoms with Gasteiger partial charge in [-0.05, 0) is 12.5 Å². The summed E-state index contributed by atoms with van der Waals surface area (Å²) in [4.78, 5) is 0. The minimum atomic E-state index is -0.331. The van der Waals surface area contributed by atoms with Gasteiger partial charge >= 0.3 is 0 Å². The van der Waals surface area contributed by atoms with Crippen LogP contribution in [0.5, 0.6) is 0 Å². The Bertz CT molecular complexity index is 180. The highest BCUT2D eigenvalue weighted by Crippen LogP contribution is 2.11. The molecule has 0 saturated heterocycles. The molecule has 16 heavy (non-hydrogen) atoms. The molecule has 0 rings (SSSR count). The zero-order valence-corrected chi connectivity index (χ0v) is 10.9. The van der Waals surface area contributed by atoms with E-state index in [2.05, 4.69) is 19.2 Å². The highest BCUT2D eigenvalue weighted by molar-refractivity contribution is 4.83. The lowest BCUT2D eigenvalue weighted by molar-refractivity contribution is 0.208. The molecule has 1 unspecified atom stereocenters. The molecule has 0 aromatic heterocycles. The van der Waals surface area contributed by atoms with Gasteiger partial charge in [0.1, 0.15) is 0 Å². The summed E-state index contributed by atoms with van der Waals surface area (Å²) in [7, 11) is 0. The van der Waals surface area contributed by atoms with Crippen LogP contribution in [0.3, 0.4) is 0 Å². The third kappa shape index (κ3) is 11.6. The highest BCUT2D eigenvalue weighted by Gasteiger charge is 1.98. The molecular formula is C15H28O. The molecule has 1 nitrogen and oxygen atoms in total. The summed E-state index contributed by atoms with van der Waals surface area (Å²) in [5.41, 5.74) is 2.62. The molecule has 0 aliphatic heterocycles. The zero-order valence-electron chi connectivity index (χ0n) is 10.9. The minimum absolute atomic E-state index is 0.331. The van der Waals surface area contributed by atoms with Gasteiger partial charge in [-0.3, -0.25) is 0 Å². The van der Waals surface area contributed by atoms with Crippen LogP contribution in [-0.2, 0) is 0 Å². The summed E-state index contributed by atoms with van der Waals surface area (Å²) in [6.07, 6.45) is 14.1. The molecule has 0 saturated carbocycles. The third-order valence-corrected chi connectivity index (χ3v) is 2.91. The lowest BCUT2D eigenvalue weighted by Crippen LogP contribution is -2.00. The lowest BCUT2D eigenvalue weighted by atomic mass is 10.1. The third-order valence-electron chi connectivity index (χ3n) is 2.91.